The zero-order valence-corrected chi connectivity index (χ0v) is 20.8. The van der Waals surface area contributed by atoms with Crippen molar-refractivity contribution in [1.82, 2.24) is 0 Å². The van der Waals surface area contributed by atoms with Crippen LogP contribution in [0.3, 0.4) is 0 Å². The maximum atomic E-state index is 14.8. The van der Waals surface area contributed by atoms with E-state index in [2.05, 4.69) is 19.6 Å². The number of halogens is 3. The first-order valence-corrected chi connectivity index (χ1v) is 13.2. The zero-order chi connectivity index (χ0) is 24.8. The van der Waals surface area contributed by atoms with Gasteiger partial charge in [0.15, 0.2) is 11.6 Å². The summed E-state index contributed by atoms with van der Waals surface area (Å²) in [6.45, 7) is 6.35. The van der Waals surface area contributed by atoms with Crippen molar-refractivity contribution < 1.29 is 17.9 Å². The summed E-state index contributed by atoms with van der Waals surface area (Å²) in [5.74, 6) is 0.237. The second-order valence-corrected chi connectivity index (χ2v) is 10.4. The van der Waals surface area contributed by atoms with Crippen molar-refractivity contribution in [2.75, 3.05) is 6.61 Å². The molecule has 2 aromatic rings. The van der Waals surface area contributed by atoms with E-state index in [0.717, 1.165) is 68.9 Å². The number of hydrogen-bond donors (Lipinski definition) is 0. The van der Waals surface area contributed by atoms with Gasteiger partial charge in [0, 0.05) is 11.6 Å². The van der Waals surface area contributed by atoms with E-state index in [1.54, 1.807) is 18.2 Å². The molecule has 0 radical (unpaired) electrons. The maximum absolute atomic E-state index is 14.8. The Morgan fingerprint density at radius 3 is 2.49 bits per heavy atom. The van der Waals surface area contributed by atoms with Gasteiger partial charge < -0.3 is 4.74 Å². The zero-order valence-electron chi connectivity index (χ0n) is 20.8. The third kappa shape index (κ3) is 6.39. The Bertz CT molecular complexity index is 1050. The van der Waals surface area contributed by atoms with Crippen LogP contribution >= 0.6 is 0 Å². The van der Waals surface area contributed by atoms with Crippen LogP contribution in [-0.2, 0) is 6.42 Å². The molecule has 0 bridgehead atoms. The van der Waals surface area contributed by atoms with E-state index in [1.807, 2.05) is 12.1 Å². The van der Waals surface area contributed by atoms with Crippen LogP contribution in [0.25, 0.3) is 5.57 Å². The summed E-state index contributed by atoms with van der Waals surface area (Å²) >= 11 is 0. The fourth-order valence-corrected chi connectivity index (χ4v) is 5.55. The first-order valence-electron chi connectivity index (χ1n) is 13.2. The number of hydrogen-bond acceptors (Lipinski definition) is 1. The second-order valence-electron chi connectivity index (χ2n) is 10.4. The highest BCUT2D eigenvalue weighted by Gasteiger charge is 2.25. The summed E-state index contributed by atoms with van der Waals surface area (Å²) in [7, 11) is 0. The molecule has 2 aliphatic rings. The third-order valence-corrected chi connectivity index (χ3v) is 7.85. The molecule has 0 heterocycles. The molecule has 0 spiro atoms. The van der Waals surface area contributed by atoms with Crippen LogP contribution in [-0.4, -0.2) is 6.61 Å². The summed E-state index contributed by atoms with van der Waals surface area (Å²) in [6, 6.07) is 8.71. The van der Waals surface area contributed by atoms with E-state index in [1.165, 1.54) is 6.07 Å². The van der Waals surface area contributed by atoms with Crippen LogP contribution in [0.5, 0.6) is 5.75 Å². The van der Waals surface area contributed by atoms with Gasteiger partial charge in [0.25, 0.3) is 0 Å². The summed E-state index contributed by atoms with van der Waals surface area (Å²) in [6.07, 6.45) is 12.5. The van der Waals surface area contributed by atoms with Crippen LogP contribution in [0.1, 0.15) is 87.3 Å². The van der Waals surface area contributed by atoms with Gasteiger partial charge in [-0.3, -0.25) is 0 Å². The number of allylic oxidation sites excluding steroid dienone is 2. The van der Waals surface area contributed by atoms with Gasteiger partial charge in [-0.2, -0.15) is 0 Å². The van der Waals surface area contributed by atoms with Crippen LogP contribution in [0.2, 0.25) is 0 Å². The summed E-state index contributed by atoms with van der Waals surface area (Å²) < 4.78 is 49.9. The van der Waals surface area contributed by atoms with Crippen LogP contribution in [0, 0.1) is 29.3 Å². The van der Waals surface area contributed by atoms with Crippen molar-refractivity contribution in [2.24, 2.45) is 11.8 Å². The van der Waals surface area contributed by atoms with Gasteiger partial charge in [0.2, 0.25) is 0 Å². The smallest absolute Gasteiger partial charge is 0.166 e. The molecule has 0 N–H and O–H groups in total. The Morgan fingerprint density at radius 2 is 1.80 bits per heavy atom. The Kier molecular flexibility index (Phi) is 8.75. The van der Waals surface area contributed by atoms with E-state index in [9.17, 15) is 13.2 Å². The number of aryl methyl sites for hydroxylation is 1. The van der Waals surface area contributed by atoms with Crippen LogP contribution in [0.4, 0.5) is 13.2 Å². The standard InChI is InChI=1S/C31H37F3O/c1-3-4-19-35-26-16-18-27(29(32)20-26)23-12-7-22(8-13-23)9-14-25-15-17-28(31(34)30(25)33)24-10-5-21(2)6-11-24/h3,10,15-18,20-23H,1,4-9,11-14,19H2,2H3. The van der Waals surface area contributed by atoms with Gasteiger partial charge in [-0.15, -0.1) is 6.58 Å². The quantitative estimate of drug-likeness (QED) is 0.256. The fourth-order valence-electron chi connectivity index (χ4n) is 5.55. The highest BCUT2D eigenvalue weighted by Crippen LogP contribution is 2.39. The van der Waals surface area contributed by atoms with Crippen molar-refractivity contribution in [3.8, 4) is 5.75 Å². The molecule has 35 heavy (non-hydrogen) atoms. The topological polar surface area (TPSA) is 9.23 Å². The van der Waals surface area contributed by atoms with Gasteiger partial charge in [-0.05, 0) is 105 Å². The van der Waals surface area contributed by atoms with E-state index < -0.39 is 11.6 Å². The fraction of sp³-hybridized carbons (Fsp3) is 0.484. The lowest BCUT2D eigenvalue weighted by molar-refractivity contribution is 0.303. The SMILES string of the molecule is C=CCCOc1ccc(C2CCC(CCc3ccc(C4=CCC(C)CC4)c(F)c3F)CC2)c(F)c1. The highest BCUT2D eigenvalue weighted by molar-refractivity contribution is 5.67. The van der Waals surface area contributed by atoms with Crippen molar-refractivity contribution in [1.29, 1.82) is 0 Å². The Labute approximate surface area is 208 Å². The monoisotopic (exact) mass is 482 g/mol. The van der Waals surface area contributed by atoms with Gasteiger partial charge >= 0.3 is 0 Å². The lowest BCUT2D eigenvalue weighted by Crippen LogP contribution is -2.15. The molecule has 2 aromatic carbocycles. The molecule has 0 saturated heterocycles. The lowest BCUT2D eigenvalue weighted by atomic mass is 9.76. The predicted molar refractivity (Wildman–Crippen MR) is 137 cm³/mol. The molecule has 4 heteroatoms. The third-order valence-electron chi connectivity index (χ3n) is 7.85. The number of ether oxygens (including phenoxy) is 1. The van der Waals surface area contributed by atoms with E-state index in [-0.39, 0.29) is 11.7 Å². The molecule has 0 aliphatic heterocycles. The first-order chi connectivity index (χ1) is 17.0. The molecule has 1 nitrogen and oxygen atoms in total. The van der Waals surface area contributed by atoms with E-state index >= 15 is 0 Å². The molecule has 1 atom stereocenters. The van der Waals surface area contributed by atoms with E-state index in [4.69, 9.17) is 4.74 Å². The summed E-state index contributed by atoms with van der Waals surface area (Å²) in [5, 5.41) is 0. The minimum atomic E-state index is -0.695. The summed E-state index contributed by atoms with van der Waals surface area (Å²) in [4.78, 5) is 0. The number of benzene rings is 2. The minimum Gasteiger partial charge on any atom is -0.493 e. The van der Waals surface area contributed by atoms with Crippen molar-refractivity contribution in [3.05, 3.63) is 83.2 Å². The molecule has 0 aromatic heterocycles. The van der Waals surface area contributed by atoms with Gasteiger partial charge in [-0.25, -0.2) is 13.2 Å². The molecule has 1 saturated carbocycles. The van der Waals surface area contributed by atoms with Crippen molar-refractivity contribution in [2.45, 2.75) is 77.0 Å². The summed E-state index contributed by atoms with van der Waals surface area (Å²) in [5.41, 5.74) is 2.59. The Morgan fingerprint density at radius 1 is 1.00 bits per heavy atom. The van der Waals surface area contributed by atoms with Gasteiger partial charge in [0.1, 0.15) is 11.6 Å². The van der Waals surface area contributed by atoms with E-state index in [0.29, 0.717) is 41.7 Å². The lowest BCUT2D eigenvalue weighted by Gasteiger charge is -2.29. The minimum absolute atomic E-state index is 0.202. The molecular weight excluding hydrogens is 445 g/mol. The molecule has 1 unspecified atom stereocenters. The average molecular weight is 483 g/mol. The maximum Gasteiger partial charge on any atom is 0.166 e. The molecule has 0 amide bonds. The first kappa shape index (κ1) is 25.6. The Balaban J connectivity index is 1.30. The molecule has 188 valence electrons. The number of rotatable bonds is 9. The normalized spacial score (nSPS) is 22.5. The Hall–Kier alpha value is -2.49. The highest BCUT2D eigenvalue weighted by atomic mass is 19.2. The molecule has 4 rings (SSSR count). The predicted octanol–water partition coefficient (Wildman–Crippen LogP) is 9.17. The van der Waals surface area contributed by atoms with Gasteiger partial charge in [0.05, 0.1) is 6.61 Å². The second kappa shape index (κ2) is 12.0. The van der Waals surface area contributed by atoms with Gasteiger partial charge in [-0.1, -0.05) is 37.3 Å². The molecule has 1 fully saturated rings. The van der Waals surface area contributed by atoms with Crippen molar-refractivity contribution >= 4 is 5.57 Å². The average Bonchev–Trinajstić information content (AvgIpc) is 2.86. The van der Waals surface area contributed by atoms with Crippen LogP contribution < -0.4 is 4.74 Å². The molecular formula is C31H37F3O. The van der Waals surface area contributed by atoms with Crippen molar-refractivity contribution in [3.63, 3.8) is 0 Å². The largest absolute Gasteiger partial charge is 0.493 e. The molecule has 2 aliphatic carbocycles. The van der Waals surface area contributed by atoms with Crippen LogP contribution in [0.15, 0.2) is 49.1 Å².